The van der Waals surface area contributed by atoms with Gasteiger partial charge in [-0.05, 0) is 32.1 Å². The van der Waals surface area contributed by atoms with Crippen LogP contribution >= 0.6 is 0 Å². The Morgan fingerprint density at radius 2 is 1.91 bits per heavy atom. The molecular formula is C17H35N3O2. The van der Waals surface area contributed by atoms with Gasteiger partial charge in [-0.3, -0.25) is 4.99 Å². The van der Waals surface area contributed by atoms with Gasteiger partial charge in [0.1, 0.15) is 0 Å². The molecule has 0 amide bonds. The van der Waals surface area contributed by atoms with Crippen LogP contribution in [0.15, 0.2) is 4.99 Å². The van der Waals surface area contributed by atoms with Gasteiger partial charge >= 0.3 is 0 Å². The maximum Gasteiger partial charge on any atom is 0.191 e. The highest BCUT2D eigenvalue weighted by molar-refractivity contribution is 5.79. The van der Waals surface area contributed by atoms with Gasteiger partial charge in [0.15, 0.2) is 5.96 Å². The molecule has 1 aliphatic rings. The highest BCUT2D eigenvalue weighted by atomic mass is 16.5. The molecule has 0 radical (unpaired) electrons. The van der Waals surface area contributed by atoms with Gasteiger partial charge in [-0.2, -0.15) is 0 Å². The molecule has 5 nitrogen and oxygen atoms in total. The van der Waals surface area contributed by atoms with Crippen molar-refractivity contribution in [2.24, 2.45) is 16.3 Å². The summed E-state index contributed by atoms with van der Waals surface area (Å²) in [4.78, 5) is 4.30. The van der Waals surface area contributed by atoms with Crippen molar-refractivity contribution in [3.63, 3.8) is 0 Å². The zero-order valence-electron chi connectivity index (χ0n) is 15.5. The Hall–Kier alpha value is -0.810. The highest BCUT2D eigenvalue weighted by Gasteiger charge is 2.35. The summed E-state index contributed by atoms with van der Waals surface area (Å²) in [5.74, 6) is 1.34. The van der Waals surface area contributed by atoms with E-state index in [4.69, 9.17) is 9.47 Å². The molecule has 5 heteroatoms. The molecule has 0 aromatic carbocycles. The third-order valence-electron chi connectivity index (χ3n) is 4.29. The van der Waals surface area contributed by atoms with Crippen molar-refractivity contribution in [1.29, 1.82) is 0 Å². The molecule has 2 unspecified atom stereocenters. The van der Waals surface area contributed by atoms with Crippen molar-refractivity contribution in [2.45, 2.75) is 59.2 Å². The van der Waals surface area contributed by atoms with Crippen LogP contribution in [0, 0.1) is 11.3 Å². The van der Waals surface area contributed by atoms with Crippen molar-refractivity contribution >= 4 is 5.96 Å². The zero-order valence-corrected chi connectivity index (χ0v) is 15.5. The van der Waals surface area contributed by atoms with Gasteiger partial charge in [0.2, 0.25) is 0 Å². The normalized spacial score (nSPS) is 24.2. The van der Waals surface area contributed by atoms with Gasteiger partial charge in [-0.25, -0.2) is 0 Å². The van der Waals surface area contributed by atoms with Gasteiger partial charge in [0.25, 0.3) is 0 Å². The fourth-order valence-corrected chi connectivity index (χ4v) is 2.83. The lowest BCUT2D eigenvalue weighted by Gasteiger charge is -2.40. The summed E-state index contributed by atoms with van der Waals surface area (Å²) >= 11 is 0. The molecular weight excluding hydrogens is 278 g/mol. The summed E-state index contributed by atoms with van der Waals surface area (Å²) in [7, 11) is 3.53. The molecule has 0 spiro atoms. The Morgan fingerprint density at radius 1 is 1.23 bits per heavy atom. The number of aliphatic imine (C=N–C) groups is 1. The molecule has 0 aromatic heterocycles. The Morgan fingerprint density at radius 3 is 2.45 bits per heavy atom. The van der Waals surface area contributed by atoms with Crippen molar-refractivity contribution in [1.82, 2.24) is 10.6 Å². The third kappa shape index (κ3) is 6.13. The third-order valence-corrected chi connectivity index (χ3v) is 4.29. The minimum atomic E-state index is -0.209. The summed E-state index contributed by atoms with van der Waals surface area (Å²) in [5.41, 5.74) is -0.0404. The maximum absolute atomic E-state index is 6.03. The van der Waals surface area contributed by atoms with Crippen molar-refractivity contribution < 1.29 is 9.47 Å². The van der Waals surface area contributed by atoms with Crippen molar-refractivity contribution in [2.75, 3.05) is 33.9 Å². The highest BCUT2D eigenvalue weighted by Crippen LogP contribution is 2.33. The van der Waals surface area contributed by atoms with Crippen LogP contribution < -0.4 is 10.6 Å². The smallest absolute Gasteiger partial charge is 0.191 e. The number of hydrogen-bond acceptors (Lipinski definition) is 3. The van der Waals surface area contributed by atoms with Crippen LogP contribution in [0.1, 0.15) is 47.5 Å². The Bertz CT molecular complexity index is 361. The SMILES string of the molecule is CN=C(NCC1CCCOC1C(C)(C)C)NCC(C)(C)OC. The molecule has 2 N–H and O–H groups in total. The molecule has 2 atom stereocenters. The van der Waals surface area contributed by atoms with Gasteiger partial charge in [-0.1, -0.05) is 20.8 Å². The Kier molecular flexibility index (Phi) is 7.13. The number of methoxy groups -OCH3 is 1. The number of nitrogens with zero attached hydrogens (tertiary/aromatic N) is 1. The second kappa shape index (κ2) is 8.16. The minimum Gasteiger partial charge on any atom is -0.377 e. The van der Waals surface area contributed by atoms with Crippen LogP contribution in [0.25, 0.3) is 0 Å². The topological polar surface area (TPSA) is 54.9 Å². The summed E-state index contributed by atoms with van der Waals surface area (Å²) in [5, 5.41) is 6.77. The van der Waals surface area contributed by atoms with Crippen LogP contribution in [0.5, 0.6) is 0 Å². The van der Waals surface area contributed by atoms with Gasteiger partial charge in [0.05, 0.1) is 11.7 Å². The lowest BCUT2D eigenvalue weighted by molar-refractivity contribution is -0.0835. The lowest BCUT2D eigenvalue weighted by atomic mass is 9.78. The molecule has 1 heterocycles. The lowest BCUT2D eigenvalue weighted by Crippen LogP contribution is -2.49. The first-order chi connectivity index (χ1) is 10.2. The second-order valence-corrected chi connectivity index (χ2v) is 7.83. The molecule has 1 aliphatic heterocycles. The summed E-state index contributed by atoms with van der Waals surface area (Å²) in [6, 6.07) is 0. The fraction of sp³-hybridized carbons (Fsp3) is 0.941. The molecule has 130 valence electrons. The van der Waals surface area contributed by atoms with Crippen LogP contribution in [0.4, 0.5) is 0 Å². The number of guanidine groups is 1. The van der Waals surface area contributed by atoms with E-state index in [0.29, 0.717) is 18.6 Å². The number of rotatable bonds is 5. The fourth-order valence-electron chi connectivity index (χ4n) is 2.83. The monoisotopic (exact) mass is 313 g/mol. The van der Waals surface area contributed by atoms with Gasteiger partial charge in [-0.15, -0.1) is 0 Å². The van der Waals surface area contributed by atoms with E-state index in [-0.39, 0.29) is 11.0 Å². The molecule has 0 saturated carbocycles. The largest absolute Gasteiger partial charge is 0.377 e. The predicted octanol–water partition coefficient (Wildman–Crippen LogP) is 2.42. The van der Waals surface area contributed by atoms with E-state index < -0.39 is 0 Å². The molecule has 1 saturated heterocycles. The first kappa shape index (κ1) is 19.2. The van der Waals surface area contributed by atoms with E-state index in [2.05, 4.69) is 50.2 Å². The summed E-state index contributed by atoms with van der Waals surface area (Å²) in [6.07, 6.45) is 2.64. The number of nitrogens with one attached hydrogen (secondary N) is 2. The van der Waals surface area contributed by atoms with Crippen LogP contribution in [-0.2, 0) is 9.47 Å². The van der Waals surface area contributed by atoms with E-state index in [0.717, 1.165) is 25.5 Å². The predicted molar refractivity (Wildman–Crippen MR) is 92.4 cm³/mol. The Labute approximate surface area is 136 Å². The standard InChI is InChI=1S/C17H35N3O2/c1-16(2,3)14-13(9-8-10-22-14)11-19-15(18-6)20-12-17(4,5)21-7/h13-14H,8-12H2,1-7H3,(H2,18,19,20). The van der Waals surface area contributed by atoms with E-state index in [1.54, 1.807) is 14.2 Å². The molecule has 0 aromatic rings. The maximum atomic E-state index is 6.03. The Balaban J connectivity index is 2.51. The zero-order chi connectivity index (χ0) is 16.8. The first-order valence-corrected chi connectivity index (χ1v) is 8.31. The van der Waals surface area contributed by atoms with Crippen LogP contribution in [0.2, 0.25) is 0 Å². The number of ether oxygens (including phenoxy) is 2. The minimum absolute atomic E-state index is 0.168. The van der Waals surface area contributed by atoms with Crippen LogP contribution in [-0.4, -0.2) is 51.5 Å². The van der Waals surface area contributed by atoms with Crippen molar-refractivity contribution in [3.8, 4) is 0 Å². The molecule has 1 rings (SSSR count). The average Bonchev–Trinajstić information content (AvgIpc) is 2.47. The van der Waals surface area contributed by atoms with E-state index in [1.807, 2.05) is 0 Å². The first-order valence-electron chi connectivity index (χ1n) is 8.31. The summed E-state index contributed by atoms with van der Waals surface area (Å²) < 4.78 is 11.5. The van der Waals surface area contributed by atoms with Crippen molar-refractivity contribution in [3.05, 3.63) is 0 Å². The van der Waals surface area contributed by atoms with E-state index in [1.165, 1.54) is 6.42 Å². The van der Waals surface area contributed by atoms with E-state index >= 15 is 0 Å². The molecule has 0 aliphatic carbocycles. The quantitative estimate of drug-likeness (QED) is 0.604. The second-order valence-electron chi connectivity index (χ2n) is 7.83. The average molecular weight is 313 g/mol. The van der Waals surface area contributed by atoms with Gasteiger partial charge < -0.3 is 20.1 Å². The van der Waals surface area contributed by atoms with Gasteiger partial charge in [0, 0.05) is 39.8 Å². The number of hydrogen-bond donors (Lipinski definition) is 2. The summed E-state index contributed by atoms with van der Waals surface area (Å²) in [6.45, 7) is 13.4. The van der Waals surface area contributed by atoms with Crippen LogP contribution in [0.3, 0.4) is 0 Å². The molecule has 0 bridgehead atoms. The van der Waals surface area contributed by atoms with E-state index in [9.17, 15) is 0 Å². The molecule has 1 fully saturated rings. The molecule has 22 heavy (non-hydrogen) atoms.